The van der Waals surface area contributed by atoms with Crippen LogP contribution in [0.2, 0.25) is 0 Å². The van der Waals surface area contributed by atoms with E-state index in [2.05, 4.69) is 88.9 Å². The van der Waals surface area contributed by atoms with Crippen molar-refractivity contribution in [2.75, 3.05) is 18.0 Å². The minimum absolute atomic E-state index is 0.475. The fourth-order valence-corrected chi connectivity index (χ4v) is 5.17. The van der Waals surface area contributed by atoms with Gasteiger partial charge in [-0.05, 0) is 56.2 Å². The molecule has 1 saturated heterocycles. The number of piperazine rings is 1. The number of hydrogen-bond donors (Lipinski definition) is 1. The third kappa shape index (κ3) is 3.51. The van der Waals surface area contributed by atoms with E-state index >= 15 is 0 Å². The van der Waals surface area contributed by atoms with Crippen LogP contribution >= 0.6 is 0 Å². The zero-order chi connectivity index (χ0) is 23.2. The van der Waals surface area contributed by atoms with Crippen molar-refractivity contribution < 1.29 is 0 Å². The molecule has 0 saturated carbocycles. The Kier molecular flexibility index (Phi) is 5.03. The Labute approximate surface area is 199 Å². The number of nitrogens with zero attached hydrogens (tertiary/aromatic N) is 5. The Balaban J connectivity index is 1.35. The van der Waals surface area contributed by atoms with Crippen molar-refractivity contribution in [2.45, 2.75) is 32.9 Å². The Bertz CT molecular complexity index is 1480. The SMILES string of the molecule is Cc1ccc2c(-c3cnn4cc(-c5ccc(N6C(C)CNCC6C)cc5)cnc34)cccc2n1. The zero-order valence-corrected chi connectivity index (χ0v) is 19.7. The molecule has 4 heterocycles. The Hall–Kier alpha value is -3.77. The van der Waals surface area contributed by atoms with Gasteiger partial charge in [0.15, 0.2) is 5.65 Å². The summed E-state index contributed by atoms with van der Waals surface area (Å²) >= 11 is 0. The lowest BCUT2D eigenvalue weighted by atomic mass is 10.0. The van der Waals surface area contributed by atoms with Gasteiger partial charge in [0.2, 0.25) is 0 Å². The fourth-order valence-electron chi connectivity index (χ4n) is 5.17. The first-order valence-corrected chi connectivity index (χ1v) is 11.9. The number of hydrogen-bond acceptors (Lipinski definition) is 5. The quantitative estimate of drug-likeness (QED) is 0.416. The van der Waals surface area contributed by atoms with Gasteiger partial charge in [0, 0.05) is 65.5 Å². The largest absolute Gasteiger partial charge is 0.364 e. The average molecular weight is 449 g/mol. The van der Waals surface area contributed by atoms with E-state index in [1.54, 1.807) is 0 Å². The van der Waals surface area contributed by atoms with Gasteiger partial charge in [0.05, 0.1) is 11.7 Å². The van der Waals surface area contributed by atoms with Crippen molar-refractivity contribution in [3.63, 3.8) is 0 Å². The summed E-state index contributed by atoms with van der Waals surface area (Å²) in [4.78, 5) is 12.0. The van der Waals surface area contributed by atoms with E-state index in [-0.39, 0.29) is 0 Å². The normalized spacial score (nSPS) is 18.6. The van der Waals surface area contributed by atoms with E-state index < -0.39 is 0 Å². The standard InChI is InChI=1S/C28H28N6/c1-18-7-12-25-24(5-4-6-27(25)32-18)26-16-31-33-17-22(15-30-28(26)33)21-8-10-23(11-9-21)34-19(2)13-29-14-20(34)3/h4-12,15-17,19-20,29H,13-14H2,1-3H3. The predicted octanol–water partition coefficient (Wildman–Crippen LogP) is 5.11. The van der Waals surface area contributed by atoms with E-state index in [9.17, 15) is 0 Å². The number of aryl methyl sites for hydroxylation is 1. The summed E-state index contributed by atoms with van der Waals surface area (Å²) in [6.45, 7) is 8.59. The molecule has 1 aliphatic heterocycles. The predicted molar refractivity (Wildman–Crippen MR) is 138 cm³/mol. The summed E-state index contributed by atoms with van der Waals surface area (Å²) in [6.07, 6.45) is 5.90. The third-order valence-electron chi connectivity index (χ3n) is 6.85. The zero-order valence-electron chi connectivity index (χ0n) is 19.7. The van der Waals surface area contributed by atoms with Crippen molar-refractivity contribution in [3.8, 4) is 22.3 Å². The van der Waals surface area contributed by atoms with E-state index in [0.717, 1.165) is 57.6 Å². The van der Waals surface area contributed by atoms with Crippen LogP contribution < -0.4 is 10.2 Å². The van der Waals surface area contributed by atoms with Crippen molar-refractivity contribution in [3.05, 3.63) is 78.9 Å². The van der Waals surface area contributed by atoms with Gasteiger partial charge in [0.1, 0.15) is 0 Å². The van der Waals surface area contributed by atoms with Crippen molar-refractivity contribution in [1.29, 1.82) is 0 Å². The second-order valence-electron chi connectivity index (χ2n) is 9.30. The number of pyridine rings is 1. The molecule has 0 radical (unpaired) electrons. The van der Waals surface area contributed by atoms with Crippen molar-refractivity contribution in [1.82, 2.24) is 24.9 Å². The lowest BCUT2D eigenvalue weighted by Gasteiger charge is -2.41. The van der Waals surface area contributed by atoms with Crippen LogP contribution in [0.1, 0.15) is 19.5 Å². The molecule has 1 fully saturated rings. The lowest BCUT2D eigenvalue weighted by molar-refractivity contribution is 0.432. The number of benzene rings is 2. The second kappa shape index (κ2) is 8.22. The first-order valence-electron chi connectivity index (χ1n) is 11.9. The molecule has 2 aromatic carbocycles. The van der Waals surface area contributed by atoms with E-state index in [1.807, 2.05) is 29.9 Å². The molecule has 34 heavy (non-hydrogen) atoms. The highest BCUT2D eigenvalue weighted by Crippen LogP contribution is 2.32. The maximum absolute atomic E-state index is 4.82. The fraction of sp³-hybridized carbons (Fsp3) is 0.250. The molecule has 6 nitrogen and oxygen atoms in total. The minimum Gasteiger partial charge on any atom is -0.364 e. The van der Waals surface area contributed by atoms with Crippen molar-refractivity contribution in [2.24, 2.45) is 0 Å². The van der Waals surface area contributed by atoms with Crippen LogP contribution in [0, 0.1) is 6.92 Å². The molecule has 0 aliphatic carbocycles. The molecule has 5 aromatic rings. The Morgan fingerprint density at radius 1 is 0.853 bits per heavy atom. The van der Waals surface area contributed by atoms with Gasteiger partial charge < -0.3 is 10.2 Å². The summed E-state index contributed by atoms with van der Waals surface area (Å²) in [7, 11) is 0. The van der Waals surface area contributed by atoms with Crippen LogP contribution in [0.25, 0.3) is 38.8 Å². The smallest absolute Gasteiger partial charge is 0.162 e. The van der Waals surface area contributed by atoms with Crippen LogP contribution in [0.15, 0.2) is 73.2 Å². The molecule has 2 unspecified atom stereocenters. The number of aromatic nitrogens is 4. The van der Waals surface area contributed by atoms with E-state index in [4.69, 9.17) is 4.98 Å². The molecular weight excluding hydrogens is 420 g/mol. The Morgan fingerprint density at radius 2 is 1.65 bits per heavy atom. The Morgan fingerprint density at radius 3 is 2.44 bits per heavy atom. The van der Waals surface area contributed by atoms with Gasteiger partial charge in [0.25, 0.3) is 0 Å². The monoisotopic (exact) mass is 448 g/mol. The first-order chi connectivity index (χ1) is 16.6. The first kappa shape index (κ1) is 20.8. The molecule has 0 bridgehead atoms. The molecule has 3 aromatic heterocycles. The molecule has 6 rings (SSSR count). The highest BCUT2D eigenvalue weighted by molar-refractivity contribution is 5.98. The highest BCUT2D eigenvalue weighted by atomic mass is 15.2. The molecule has 0 spiro atoms. The molecule has 170 valence electrons. The molecule has 0 amide bonds. The van der Waals surface area contributed by atoms with Gasteiger partial charge in [-0.3, -0.25) is 4.98 Å². The molecular formula is C28H28N6. The molecule has 1 N–H and O–H groups in total. The third-order valence-corrected chi connectivity index (χ3v) is 6.85. The number of nitrogens with one attached hydrogen (secondary N) is 1. The van der Waals surface area contributed by atoms with Crippen LogP contribution in [-0.2, 0) is 0 Å². The van der Waals surface area contributed by atoms with Crippen molar-refractivity contribution >= 4 is 22.2 Å². The second-order valence-corrected chi connectivity index (χ2v) is 9.30. The van der Waals surface area contributed by atoms with Crippen LogP contribution in [0.3, 0.4) is 0 Å². The molecule has 2 atom stereocenters. The maximum atomic E-state index is 4.82. The van der Waals surface area contributed by atoms with Gasteiger partial charge in [-0.15, -0.1) is 0 Å². The average Bonchev–Trinajstić information content (AvgIpc) is 3.27. The molecule has 6 heteroatoms. The van der Waals surface area contributed by atoms with Gasteiger partial charge in [-0.25, -0.2) is 9.50 Å². The summed E-state index contributed by atoms with van der Waals surface area (Å²) in [5.74, 6) is 0. The number of anilines is 1. The number of rotatable bonds is 3. The van der Waals surface area contributed by atoms with E-state index in [1.165, 1.54) is 5.69 Å². The topological polar surface area (TPSA) is 58.4 Å². The summed E-state index contributed by atoms with van der Waals surface area (Å²) in [5, 5.41) is 9.25. The van der Waals surface area contributed by atoms with Gasteiger partial charge >= 0.3 is 0 Å². The summed E-state index contributed by atoms with van der Waals surface area (Å²) in [6, 6.07) is 20.1. The van der Waals surface area contributed by atoms with Crippen LogP contribution in [0.5, 0.6) is 0 Å². The maximum Gasteiger partial charge on any atom is 0.162 e. The van der Waals surface area contributed by atoms with E-state index in [0.29, 0.717) is 12.1 Å². The van der Waals surface area contributed by atoms with Crippen LogP contribution in [-0.4, -0.2) is 44.8 Å². The van der Waals surface area contributed by atoms with Gasteiger partial charge in [-0.2, -0.15) is 5.10 Å². The number of fused-ring (bicyclic) bond motifs is 2. The van der Waals surface area contributed by atoms with Gasteiger partial charge in [-0.1, -0.05) is 30.3 Å². The minimum atomic E-state index is 0.475. The summed E-state index contributed by atoms with van der Waals surface area (Å²) < 4.78 is 1.87. The van der Waals surface area contributed by atoms with Crippen LogP contribution in [0.4, 0.5) is 5.69 Å². The lowest BCUT2D eigenvalue weighted by Crippen LogP contribution is -2.55. The molecule has 1 aliphatic rings. The highest BCUT2D eigenvalue weighted by Gasteiger charge is 2.24. The summed E-state index contributed by atoms with van der Waals surface area (Å²) in [5.41, 5.74) is 8.41.